The topological polar surface area (TPSA) is 66.9 Å². The second kappa shape index (κ2) is 7.70. The van der Waals surface area contributed by atoms with E-state index in [1.807, 2.05) is 32.0 Å². The Morgan fingerprint density at radius 1 is 0.926 bits per heavy atom. The molecule has 0 bridgehead atoms. The van der Waals surface area contributed by atoms with Gasteiger partial charge in [-0.3, -0.25) is 0 Å². The second-order valence-electron chi connectivity index (χ2n) is 6.68. The predicted molar refractivity (Wildman–Crippen MR) is 105 cm³/mol. The van der Waals surface area contributed by atoms with Crippen molar-refractivity contribution >= 4 is 21.7 Å². The van der Waals surface area contributed by atoms with E-state index >= 15 is 0 Å². The molecule has 0 aliphatic carbocycles. The van der Waals surface area contributed by atoms with E-state index in [1.165, 1.54) is 11.4 Å². The number of ether oxygens (including phenoxy) is 1. The van der Waals surface area contributed by atoms with Gasteiger partial charge >= 0.3 is 5.97 Å². The van der Waals surface area contributed by atoms with Crippen LogP contribution < -0.4 is 4.90 Å². The van der Waals surface area contributed by atoms with Gasteiger partial charge in [-0.15, -0.1) is 0 Å². The summed E-state index contributed by atoms with van der Waals surface area (Å²) in [7, 11) is -2.13. The van der Waals surface area contributed by atoms with Crippen LogP contribution in [0, 0.1) is 13.8 Å². The highest BCUT2D eigenvalue weighted by atomic mass is 32.2. The fourth-order valence-electron chi connectivity index (χ4n) is 3.14. The Kier molecular flexibility index (Phi) is 5.53. The van der Waals surface area contributed by atoms with Crippen LogP contribution in [0.1, 0.15) is 21.5 Å². The van der Waals surface area contributed by atoms with Crippen molar-refractivity contribution in [3.05, 3.63) is 59.2 Å². The summed E-state index contributed by atoms with van der Waals surface area (Å²) in [4.78, 5) is 14.0. The quantitative estimate of drug-likeness (QED) is 0.753. The van der Waals surface area contributed by atoms with Crippen LogP contribution in [0.5, 0.6) is 0 Å². The number of piperazine rings is 1. The molecule has 3 rings (SSSR count). The zero-order chi connectivity index (χ0) is 19.6. The molecular weight excluding hydrogens is 364 g/mol. The van der Waals surface area contributed by atoms with Crippen LogP contribution >= 0.6 is 0 Å². The van der Waals surface area contributed by atoms with Crippen molar-refractivity contribution in [2.45, 2.75) is 18.7 Å². The molecule has 1 fully saturated rings. The van der Waals surface area contributed by atoms with E-state index in [0.717, 1.165) is 16.8 Å². The van der Waals surface area contributed by atoms with Gasteiger partial charge in [0.2, 0.25) is 10.0 Å². The standard InChI is InChI=1S/C20H24N2O4S/c1-15-4-9-19(14-16(15)2)27(24,25)22-12-10-21(11-13-22)18-7-5-17(6-8-18)20(23)26-3/h4-9,14H,10-13H2,1-3H3. The first-order valence-electron chi connectivity index (χ1n) is 8.83. The Morgan fingerprint density at radius 3 is 2.11 bits per heavy atom. The highest BCUT2D eigenvalue weighted by Crippen LogP contribution is 2.23. The van der Waals surface area contributed by atoms with Gasteiger partial charge in [0.15, 0.2) is 0 Å². The Hall–Kier alpha value is -2.38. The second-order valence-corrected chi connectivity index (χ2v) is 8.61. The van der Waals surface area contributed by atoms with Crippen LogP contribution in [0.15, 0.2) is 47.4 Å². The predicted octanol–water partition coefficient (Wildman–Crippen LogP) is 2.60. The number of methoxy groups -OCH3 is 1. The van der Waals surface area contributed by atoms with Crippen molar-refractivity contribution in [3.8, 4) is 0 Å². The van der Waals surface area contributed by atoms with Gasteiger partial charge in [-0.1, -0.05) is 6.07 Å². The molecule has 1 aliphatic heterocycles. The third-order valence-corrected chi connectivity index (χ3v) is 6.90. The van der Waals surface area contributed by atoms with Crippen molar-refractivity contribution in [2.24, 2.45) is 0 Å². The minimum absolute atomic E-state index is 0.349. The summed E-state index contributed by atoms with van der Waals surface area (Å²) in [6.45, 7) is 5.94. The van der Waals surface area contributed by atoms with E-state index in [-0.39, 0.29) is 5.97 Å². The molecule has 0 aromatic heterocycles. The van der Waals surface area contributed by atoms with Crippen molar-refractivity contribution in [3.63, 3.8) is 0 Å². The third kappa shape index (κ3) is 3.99. The normalized spacial score (nSPS) is 15.6. The number of esters is 1. The van der Waals surface area contributed by atoms with Crippen LogP contribution in [0.25, 0.3) is 0 Å². The first kappa shape index (κ1) is 19.4. The van der Waals surface area contributed by atoms with Crippen molar-refractivity contribution in [2.75, 3.05) is 38.2 Å². The lowest BCUT2D eigenvalue weighted by molar-refractivity contribution is 0.0600. The van der Waals surface area contributed by atoms with Crippen LogP contribution in [0.3, 0.4) is 0 Å². The molecule has 7 heteroatoms. The number of anilines is 1. The molecule has 1 saturated heterocycles. The number of nitrogens with zero attached hydrogens (tertiary/aromatic N) is 2. The minimum Gasteiger partial charge on any atom is -0.465 e. The van der Waals surface area contributed by atoms with Gasteiger partial charge in [-0.05, 0) is 61.4 Å². The van der Waals surface area contributed by atoms with Gasteiger partial charge in [0, 0.05) is 31.9 Å². The molecular formula is C20H24N2O4S. The number of carbonyl (C=O) groups excluding carboxylic acids is 1. The summed E-state index contributed by atoms with van der Waals surface area (Å²) in [5.74, 6) is -0.370. The van der Waals surface area contributed by atoms with Gasteiger partial charge in [-0.25, -0.2) is 13.2 Å². The first-order chi connectivity index (χ1) is 12.8. The minimum atomic E-state index is -3.48. The molecule has 144 valence electrons. The molecule has 1 heterocycles. The number of hydrogen-bond donors (Lipinski definition) is 0. The zero-order valence-corrected chi connectivity index (χ0v) is 16.6. The molecule has 2 aromatic rings. The van der Waals surface area contributed by atoms with E-state index in [4.69, 9.17) is 4.74 Å². The molecule has 0 unspecified atom stereocenters. The molecule has 0 N–H and O–H groups in total. The van der Waals surface area contributed by atoms with E-state index in [9.17, 15) is 13.2 Å². The van der Waals surface area contributed by atoms with E-state index in [2.05, 4.69) is 4.90 Å². The fourth-order valence-corrected chi connectivity index (χ4v) is 4.64. The molecule has 1 aliphatic rings. The van der Waals surface area contributed by atoms with Gasteiger partial charge in [0.25, 0.3) is 0 Å². The summed E-state index contributed by atoms with van der Waals surface area (Å²) < 4.78 is 32.0. The highest BCUT2D eigenvalue weighted by Gasteiger charge is 2.28. The number of aryl methyl sites for hydroxylation is 2. The lowest BCUT2D eigenvalue weighted by Gasteiger charge is -2.35. The molecule has 6 nitrogen and oxygen atoms in total. The maximum Gasteiger partial charge on any atom is 0.337 e. The molecule has 0 saturated carbocycles. The molecule has 0 radical (unpaired) electrons. The van der Waals surface area contributed by atoms with E-state index in [0.29, 0.717) is 36.6 Å². The molecule has 2 aromatic carbocycles. The van der Waals surface area contributed by atoms with Gasteiger partial charge < -0.3 is 9.64 Å². The van der Waals surface area contributed by atoms with Gasteiger partial charge in [-0.2, -0.15) is 4.31 Å². The Labute approximate surface area is 160 Å². The van der Waals surface area contributed by atoms with Crippen LogP contribution in [0.2, 0.25) is 0 Å². The summed E-state index contributed by atoms with van der Waals surface area (Å²) in [5.41, 5.74) is 3.51. The summed E-state index contributed by atoms with van der Waals surface area (Å²) in [5, 5.41) is 0. The SMILES string of the molecule is COC(=O)c1ccc(N2CCN(S(=O)(=O)c3ccc(C)c(C)c3)CC2)cc1. The number of rotatable bonds is 4. The first-order valence-corrected chi connectivity index (χ1v) is 10.3. The lowest BCUT2D eigenvalue weighted by Crippen LogP contribution is -2.48. The molecule has 0 atom stereocenters. The zero-order valence-electron chi connectivity index (χ0n) is 15.8. The van der Waals surface area contributed by atoms with Crippen molar-refractivity contribution < 1.29 is 17.9 Å². The van der Waals surface area contributed by atoms with Gasteiger partial charge in [0.1, 0.15) is 0 Å². The van der Waals surface area contributed by atoms with E-state index < -0.39 is 10.0 Å². The monoisotopic (exact) mass is 388 g/mol. The maximum atomic E-state index is 12.9. The summed E-state index contributed by atoms with van der Waals surface area (Å²) in [6.07, 6.45) is 0. The molecule has 0 amide bonds. The van der Waals surface area contributed by atoms with Crippen LogP contribution in [-0.4, -0.2) is 52.0 Å². The largest absolute Gasteiger partial charge is 0.465 e. The van der Waals surface area contributed by atoms with Crippen molar-refractivity contribution in [1.82, 2.24) is 4.31 Å². The molecule has 27 heavy (non-hydrogen) atoms. The Bertz CT molecular complexity index is 931. The molecule has 0 spiro atoms. The van der Waals surface area contributed by atoms with Crippen LogP contribution in [0.4, 0.5) is 5.69 Å². The summed E-state index contributed by atoms with van der Waals surface area (Å²) in [6, 6.07) is 12.4. The Balaban J connectivity index is 1.69. The fraction of sp³-hybridized carbons (Fsp3) is 0.350. The van der Waals surface area contributed by atoms with Gasteiger partial charge in [0.05, 0.1) is 17.6 Å². The average molecular weight is 388 g/mol. The highest BCUT2D eigenvalue weighted by molar-refractivity contribution is 7.89. The number of benzene rings is 2. The number of sulfonamides is 1. The van der Waals surface area contributed by atoms with Crippen molar-refractivity contribution in [1.29, 1.82) is 0 Å². The number of hydrogen-bond acceptors (Lipinski definition) is 5. The lowest BCUT2D eigenvalue weighted by atomic mass is 10.1. The maximum absolute atomic E-state index is 12.9. The van der Waals surface area contributed by atoms with E-state index in [1.54, 1.807) is 24.3 Å². The smallest absolute Gasteiger partial charge is 0.337 e. The third-order valence-electron chi connectivity index (χ3n) is 5.01. The Morgan fingerprint density at radius 2 is 1.56 bits per heavy atom. The average Bonchev–Trinajstić information content (AvgIpc) is 2.69. The summed E-state index contributed by atoms with van der Waals surface area (Å²) >= 11 is 0. The van der Waals surface area contributed by atoms with Crippen LogP contribution in [-0.2, 0) is 14.8 Å². The number of carbonyl (C=O) groups is 1.